The van der Waals surface area contributed by atoms with Gasteiger partial charge in [0, 0.05) is 19.5 Å². The highest BCUT2D eigenvalue weighted by Crippen LogP contribution is 2.29. The number of hydrogen-bond donors (Lipinski definition) is 2. The molecular formula is C29H36N6O4. The number of nitrogens with zero attached hydrogens (tertiary/aromatic N) is 4. The Labute approximate surface area is 228 Å². The number of benzene rings is 2. The van der Waals surface area contributed by atoms with Gasteiger partial charge in [0.1, 0.15) is 29.2 Å². The Bertz CT molecular complexity index is 1380. The molecule has 0 radical (unpaired) electrons. The van der Waals surface area contributed by atoms with E-state index in [0.29, 0.717) is 24.5 Å². The average molecular weight is 533 g/mol. The molecule has 0 spiro atoms. The maximum Gasteiger partial charge on any atom is 0.407 e. The zero-order valence-corrected chi connectivity index (χ0v) is 22.9. The third kappa shape index (κ3) is 7.16. The van der Waals surface area contributed by atoms with Crippen LogP contribution in [0.2, 0.25) is 0 Å². The Morgan fingerprint density at radius 3 is 2.38 bits per heavy atom. The fraction of sp³-hybridized carbons (Fsp3) is 0.379. The largest absolute Gasteiger partial charge is 0.497 e. The summed E-state index contributed by atoms with van der Waals surface area (Å²) in [7, 11) is 1.61. The quantitative estimate of drug-likeness (QED) is 0.260. The second kappa shape index (κ2) is 12.9. The number of alkyl carbamates (subject to hydrolysis) is 1. The Morgan fingerprint density at radius 2 is 1.72 bits per heavy atom. The minimum atomic E-state index is -0.475. The summed E-state index contributed by atoms with van der Waals surface area (Å²) in [5.74, 6) is 2.40. The molecule has 0 saturated heterocycles. The highest BCUT2D eigenvalue weighted by molar-refractivity contribution is 5.88. The molecule has 0 aliphatic heterocycles. The minimum Gasteiger partial charge on any atom is -0.497 e. The number of aryl methyl sites for hydroxylation is 1. The van der Waals surface area contributed by atoms with Crippen LogP contribution in [-0.4, -0.2) is 39.1 Å². The van der Waals surface area contributed by atoms with E-state index in [4.69, 9.17) is 24.9 Å². The molecule has 1 amide bonds. The predicted octanol–water partition coefficient (Wildman–Crippen LogP) is 5.02. The number of carbonyl (C=O) groups is 1. The standard InChI is InChI=1S/C29H36N6O4/c1-5-6-7-24-32-25-26(28(39-19(2)3)34-33-27(25)30)35(24)17-21-10-8-20(9-11-21)16-31-29(36)38-18-22-12-14-23(37-4)15-13-22/h8-15,19H,5-7,16-18H2,1-4H3,(H2,30,33)(H,31,36). The van der Waals surface area contributed by atoms with Gasteiger partial charge in [0.15, 0.2) is 5.82 Å². The first kappa shape index (κ1) is 27.7. The van der Waals surface area contributed by atoms with E-state index in [2.05, 4.69) is 27.0 Å². The minimum absolute atomic E-state index is 0.0664. The summed E-state index contributed by atoms with van der Waals surface area (Å²) in [6.07, 6.45) is 2.32. The van der Waals surface area contributed by atoms with Crippen molar-refractivity contribution in [3.8, 4) is 11.6 Å². The van der Waals surface area contributed by atoms with E-state index in [1.807, 2.05) is 62.4 Å². The lowest BCUT2D eigenvalue weighted by atomic mass is 10.1. The van der Waals surface area contributed by atoms with Gasteiger partial charge in [0.2, 0.25) is 0 Å². The predicted molar refractivity (Wildman–Crippen MR) is 150 cm³/mol. The molecule has 206 valence electrons. The number of imidazole rings is 1. The van der Waals surface area contributed by atoms with Gasteiger partial charge in [-0.05, 0) is 49.1 Å². The van der Waals surface area contributed by atoms with E-state index >= 15 is 0 Å². The summed E-state index contributed by atoms with van der Waals surface area (Å²) >= 11 is 0. The highest BCUT2D eigenvalue weighted by atomic mass is 16.5. The molecule has 2 aromatic carbocycles. The first-order valence-corrected chi connectivity index (χ1v) is 13.2. The zero-order valence-electron chi connectivity index (χ0n) is 22.9. The van der Waals surface area contributed by atoms with Crippen LogP contribution in [0.25, 0.3) is 11.0 Å². The first-order chi connectivity index (χ1) is 18.9. The summed E-state index contributed by atoms with van der Waals surface area (Å²) in [6, 6.07) is 15.4. The van der Waals surface area contributed by atoms with Gasteiger partial charge in [-0.3, -0.25) is 0 Å². The van der Waals surface area contributed by atoms with Gasteiger partial charge in [-0.2, -0.15) is 0 Å². The second-order valence-corrected chi connectivity index (χ2v) is 9.57. The van der Waals surface area contributed by atoms with Crippen LogP contribution < -0.4 is 20.5 Å². The smallest absolute Gasteiger partial charge is 0.407 e. The Morgan fingerprint density at radius 1 is 1.03 bits per heavy atom. The molecule has 0 saturated carbocycles. The molecule has 0 fully saturated rings. The number of carbonyl (C=O) groups excluding carboxylic acids is 1. The van der Waals surface area contributed by atoms with Crippen molar-refractivity contribution < 1.29 is 19.0 Å². The fourth-order valence-electron chi connectivity index (χ4n) is 4.13. The number of unbranched alkanes of at least 4 members (excludes halogenated alkanes) is 1. The highest BCUT2D eigenvalue weighted by Gasteiger charge is 2.20. The van der Waals surface area contributed by atoms with Gasteiger partial charge in [-0.25, -0.2) is 9.78 Å². The Hall–Kier alpha value is -4.34. The van der Waals surface area contributed by atoms with Crippen molar-refractivity contribution in [1.82, 2.24) is 25.1 Å². The van der Waals surface area contributed by atoms with Crippen LogP contribution in [0.5, 0.6) is 11.6 Å². The molecular weight excluding hydrogens is 496 g/mol. The summed E-state index contributed by atoms with van der Waals surface area (Å²) in [5.41, 5.74) is 10.4. The molecule has 3 N–H and O–H groups in total. The van der Waals surface area contributed by atoms with Crippen molar-refractivity contribution in [2.45, 2.75) is 65.8 Å². The Balaban J connectivity index is 1.43. The summed E-state index contributed by atoms with van der Waals surface area (Å²) in [6.45, 7) is 7.17. The monoisotopic (exact) mass is 532 g/mol. The zero-order chi connectivity index (χ0) is 27.8. The van der Waals surface area contributed by atoms with Crippen molar-refractivity contribution in [3.05, 3.63) is 71.0 Å². The van der Waals surface area contributed by atoms with Crippen molar-refractivity contribution in [3.63, 3.8) is 0 Å². The second-order valence-electron chi connectivity index (χ2n) is 9.57. The van der Waals surface area contributed by atoms with Crippen LogP contribution in [0, 0.1) is 0 Å². The number of anilines is 1. The number of rotatable bonds is 12. The molecule has 2 aromatic heterocycles. The van der Waals surface area contributed by atoms with Crippen molar-refractivity contribution in [2.75, 3.05) is 12.8 Å². The fourth-order valence-corrected chi connectivity index (χ4v) is 4.13. The average Bonchev–Trinajstić information content (AvgIpc) is 3.31. The number of nitrogen functional groups attached to an aromatic ring is 1. The maximum absolute atomic E-state index is 12.2. The van der Waals surface area contributed by atoms with E-state index in [-0.39, 0.29) is 18.5 Å². The van der Waals surface area contributed by atoms with Gasteiger partial charge in [0.25, 0.3) is 5.88 Å². The van der Waals surface area contributed by atoms with Crippen LogP contribution >= 0.6 is 0 Å². The maximum atomic E-state index is 12.2. The Kier molecular flexibility index (Phi) is 9.19. The lowest BCUT2D eigenvalue weighted by molar-refractivity contribution is 0.139. The lowest BCUT2D eigenvalue weighted by Crippen LogP contribution is -2.23. The lowest BCUT2D eigenvalue weighted by Gasteiger charge is -2.14. The molecule has 10 nitrogen and oxygen atoms in total. The van der Waals surface area contributed by atoms with Crippen molar-refractivity contribution in [1.29, 1.82) is 0 Å². The van der Waals surface area contributed by atoms with E-state index in [1.54, 1.807) is 7.11 Å². The van der Waals surface area contributed by atoms with Gasteiger partial charge in [-0.15, -0.1) is 10.2 Å². The van der Waals surface area contributed by atoms with Crippen LogP contribution in [-0.2, 0) is 30.9 Å². The van der Waals surface area contributed by atoms with E-state index < -0.39 is 6.09 Å². The molecule has 0 atom stereocenters. The number of hydrogen-bond acceptors (Lipinski definition) is 8. The third-order valence-corrected chi connectivity index (χ3v) is 6.17. The van der Waals surface area contributed by atoms with E-state index in [9.17, 15) is 4.79 Å². The molecule has 39 heavy (non-hydrogen) atoms. The molecule has 2 heterocycles. The molecule has 10 heteroatoms. The number of aromatic nitrogens is 4. The summed E-state index contributed by atoms with van der Waals surface area (Å²) in [5, 5.41) is 11.1. The van der Waals surface area contributed by atoms with Crippen LogP contribution in [0.3, 0.4) is 0 Å². The van der Waals surface area contributed by atoms with Crippen molar-refractivity contribution >= 4 is 22.9 Å². The third-order valence-electron chi connectivity index (χ3n) is 6.17. The van der Waals surface area contributed by atoms with Gasteiger partial charge in [-0.1, -0.05) is 49.7 Å². The van der Waals surface area contributed by atoms with Gasteiger partial charge >= 0.3 is 6.09 Å². The molecule has 0 aliphatic carbocycles. The summed E-state index contributed by atoms with van der Waals surface area (Å²) < 4.78 is 18.5. The van der Waals surface area contributed by atoms with Crippen LogP contribution in [0.4, 0.5) is 10.6 Å². The number of methoxy groups -OCH3 is 1. The van der Waals surface area contributed by atoms with Crippen LogP contribution in [0.15, 0.2) is 48.5 Å². The number of fused-ring (bicyclic) bond motifs is 1. The number of amides is 1. The number of nitrogens with one attached hydrogen (secondary N) is 1. The first-order valence-electron chi connectivity index (χ1n) is 13.2. The molecule has 4 aromatic rings. The summed E-state index contributed by atoms with van der Waals surface area (Å²) in [4.78, 5) is 17.0. The molecule has 0 aliphatic rings. The van der Waals surface area contributed by atoms with Gasteiger partial charge in [0.05, 0.1) is 13.2 Å². The normalized spacial score (nSPS) is 11.1. The molecule has 4 rings (SSSR count). The number of ether oxygens (including phenoxy) is 3. The van der Waals surface area contributed by atoms with E-state index in [0.717, 1.165) is 53.0 Å². The topological polar surface area (TPSA) is 126 Å². The van der Waals surface area contributed by atoms with Crippen LogP contribution in [0.1, 0.15) is 56.1 Å². The van der Waals surface area contributed by atoms with Gasteiger partial charge < -0.3 is 29.8 Å². The van der Waals surface area contributed by atoms with E-state index in [1.165, 1.54) is 0 Å². The SMILES string of the molecule is CCCCc1nc2c(N)nnc(OC(C)C)c2n1Cc1ccc(CNC(=O)OCc2ccc(OC)cc2)cc1. The van der Waals surface area contributed by atoms with Crippen molar-refractivity contribution in [2.24, 2.45) is 0 Å². The molecule has 0 unspecified atom stereocenters. The number of nitrogens with two attached hydrogens (primary N) is 1. The molecule has 0 bridgehead atoms.